The van der Waals surface area contributed by atoms with Crippen LogP contribution in [0.5, 0.6) is 11.5 Å². The van der Waals surface area contributed by atoms with Gasteiger partial charge in [0.25, 0.3) is 0 Å². The number of piperidine rings is 1. The van der Waals surface area contributed by atoms with Gasteiger partial charge in [-0.3, -0.25) is 14.5 Å². The predicted molar refractivity (Wildman–Crippen MR) is 156 cm³/mol. The molecule has 2 aromatic rings. The number of hydrogen-bond acceptors (Lipinski definition) is 6. The quantitative estimate of drug-likeness (QED) is 0.452. The molecule has 0 spiro atoms. The SMILES string of the molecule is CCOc1ccc(CN2CCOC(COc3cc(C)c(Cl)c(C)c3)(CC(=O)N3CCC(NC(C)=O)CC3)C2)cc1. The number of ether oxygens (including phenoxy) is 3. The molecule has 2 aromatic carbocycles. The molecule has 218 valence electrons. The molecule has 2 aliphatic heterocycles. The van der Waals surface area contributed by atoms with Gasteiger partial charge in [-0.25, -0.2) is 0 Å². The van der Waals surface area contributed by atoms with Gasteiger partial charge in [-0.1, -0.05) is 23.7 Å². The highest BCUT2D eigenvalue weighted by Gasteiger charge is 2.41. The summed E-state index contributed by atoms with van der Waals surface area (Å²) in [6, 6.07) is 12.1. The fraction of sp³-hybridized carbons (Fsp3) is 0.548. The smallest absolute Gasteiger partial charge is 0.225 e. The van der Waals surface area contributed by atoms with Crippen LogP contribution in [-0.2, 0) is 20.9 Å². The van der Waals surface area contributed by atoms with Crippen molar-refractivity contribution in [3.8, 4) is 11.5 Å². The zero-order valence-corrected chi connectivity index (χ0v) is 24.9. The van der Waals surface area contributed by atoms with Crippen LogP contribution in [0.4, 0.5) is 0 Å². The molecule has 0 bridgehead atoms. The maximum Gasteiger partial charge on any atom is 0.225 e. The monoisotopic (exact) mass is 571 g/mol. The largest absolute Gasteiger partial charge is 0.494 e. The highest BCUT2D eigenvalue weighted by atomic mass is 35.5. The van der Waals surface area contributed by atoms with Crippen LogP contribution in [0.3, 0.4) is 0 Å². The first-order chi connectivity index (χ1) is 19.2. The third-order valence-corrected chi connectivity index (χ3v) is 8.20. The van der Waals surface area contributed by atoms with Crippen molar-refractivity contribution in [1.82, 2.24) is 15.1 Å². The molecule has 2 amide bonds. The third-order valence-electron chi connectivity index (χ3n) is 7.61. The Labute approximate surface area is 242 Å². The Balaban J connectivity index is 1.47. The summed E-state index contributed by atoms with van der Waals surface area (Å²) in [6.07, 6.45) is 1.73. The molecule has 40 heavy (non-hydrogen) atoms. The van der Waals surface area contributed by atoms with Gasteiger partial charge < -0.3 is 24.4 Å². The molecule has 1 atom stereocenters. The second-order valence-electron chi connectivity index (χ2n) is 11.0. The lowest BCUT2D eigenvalue weighted by atomic mass is 9.95. The van der Waals surface area contributed by atoms with E-state index in [0.717, 1.165) is 53.6 Å². The van der Waals surface area contributed by atoms with Crippen molar-refractivity contribution < 1.29 is 23.8 Å². The first kappa shape index (κ1) is 30.2. The molecule has 2 heterocycles. The maximum absolute atomic E-state index is 13.6. The fourth-order valence-corrected chi connectivity index (χ4v) is 5.68. The molecule has 0 saturated carbocycles. The lowest BCUT2D eigenvalue weighted by molar-refractivity contribution is -0.157. The molecule has 2 saturated heterocycles. The summed E-state index contributed by atoms with van der Waals surface area (Å²) >= 11 is 6.37. The summed E-state index contributed by atoms with van der Waals surface area (Å²) in [4.78, 5) is 29.3. The third kappa shape index (κ3) is 8.12. The van der Waals surface area contributed by atoms with Gasteiger partial charge in [0, 0.05) is 50.7 Å². The average molecular weight is 572 g/mol. The number of morpholine rings is 1. The van der Waals surface area contributed by atoms with E-state index < -0.39 is 5.60 Å². The second-order valence-corrected chi connectivity index (χ2v) is 11.4. The molecule has 4 rings (SSSR count). The van der Waals surface area contributed by atoms with Crippen molar-refractivity contribution in [3.05, 3.63) is 58.1 Å². The number of hydrogen-bond donors (Lipinski definition) is 1. The van der Waals surface area contributed by atoms with Gasteiger partial charge in [0.1, 0.15) is 23.7 Å². The zero-order valence-electron chi connectivity index (χ0n) is 24.1. The van der Waals surface area contributed by atoms with E-state index in [2.05, 4.69) is 22.3 Å². The highest BCUT2D eigenvalue weighted by Crippen LogP contribution is 2.30. The van der Waals surface area contributed by atoms with E-state index in [9.17, 15) is 9.59 Å². The number of carbonyl (C=O) groups excluding carboxylic acids is 2. The molecule has 1 unspecified atom stereocenters. The number of rotatable bonds is 10. The predicted octanol–water partition coefficient (Wildman–Crippen LogP) is 4.52. The summed E-state index contributed by atoms with van der Waals surface area (Å²) in [5, 5.41) is 3.71. The number of amides is 2. The Hall–Kier alpha value is -2.81. The lowest BCUT2D eigenvalue weighted by Crippen LogP contribution is -2.57. The van der Waals surface area contributed by atoms with Crippen LogP contribution >= 0.6 is 11.6 Å². The lowest BCUT2D eigenvalue weighted by Gasteiger charge is -2.43. The summed E-state index contributed by atoms with van der Waals surface area (Å²) in [5.74, 6) is 1.60. The Kier molecular flexibility index (Phi) is 10.3. The Morgan fingerprint density at radius 3 is 2.35 bits per heavy atom. The van der Waals surface area contributed by atoms with E-state index in [4.69, 9.17) is 25.8 Å². The van der Waals surface area contributed by atoms with Gasteiger partial charge in [-0.2, -0.15) is 0 Å². The normalized spacial score (nSPS) is 20.3. The number of likely N-dealkylation sites (tertiary alicyclic amines) is 1. The van der Waals surface area contributed by atoms with Crippen molar-refractivity contribution in [2.24, 2.45) is 0 Å². The van der Waals surface area contributed by atoms with Crippen LogP contribution in [0.2, 0.25) is 5.02 Å². The highest BCUT2D eigenvalue weighted by molar-refractivity contribution is 6.32. The average Bonchev–Trinajstić information content (AvgIpc) is 2.92. The Morgan fingerprint density at radius 2 is 1.73 bits per heavy atom. The van der Waals surface area contributed by atoms with Crippen molar-refractivity contribution in [1.29, 1.82) is 0 Å². The van der Waals surface area contributed by atoms with Crippen molar-refractivity contribution >= 4 is 23.4 Å². The Morgan fingerprint density at radius 1 is 1.05 bits per heavy atom. The molecule has 2 aliphatic rings. The van der Waals surface area contributed by atoms with E-state index in [0.29, 0.717) is 32.8 Å². The molecule has 0 aromatic heterocycles. The number of halogens is 1. The number of benzene rings is 2. The summed E-state index contributed by atoms with van der Waals surface area (Å²) < 4.78 is 18.3. The van der Waals surface area contributed by atoms with E-state index in [1.807, 2.05) is 49.9 Å². The minimum atomic E-state index is -0.795. The number of nitrogens with zero attached hydrogens (tertiary/aromatic N) is 2. The zero-order chi connectivity index (χ0) is 28.7. The number of carbonyl (C=O) groups is 2. The molecule has 0 radical (unpaired) electrons. The van der Waals surface area contributed by atoms with Gasteiger partial charge in [0.15, 0.2) is 0 Å². The van der Waals surface area contributed by atoms with Gasteiger partial charge in [-0.15, -0.1) is 0 Å². The maximum atomic E-state index is 13.6. The van der Waals surface area contributed by atoms with Gasteiger partial charge in [-0.05, 0) is 74.6 Å². The standard InChI is InChI=1S/C31H42ClN3O5/c1-5-38-27-8-6-25(7-9-27)19-34-14-15-40-31(20-34,21-39-28-16-22(2)30(32)23(3)17-28)18-29(37)35-12-10-26(11-13-35)33-24(4)36/h6-9,16-17,26H,5,10-15,18-21H2,1-4H3,(H,33,36). The summed E-state index contributed by atoms with van der Waals surface area (Å²) in [6.45, 7) is 12.1. The molecule has 2 fully saturated rings. The van der Waals surface area contributed by atoms with Crippen molar-refractivity contribution in [2.75, 3.05) is 46.0 Å². The molecular formula is C31H42ClN3O5. The van der Waals surface area contributed by atoms with E-state index in [1.165, 1.54) is 12.5 Å². The molecule has 9 heteroatoms. The van der Waals surface area contributed by atoms with Crippen LogP contribution in [-0.4, -0.2) is 79.3 Å². The minimum absolute atomic E-state index is 0.0308. The van der Waals surface area contributed by atoms with Crippen LogP contribution in [0, 0.1) is 13.8 Å². The van der Waals surface area contributed by atoms with Crippen LogP contribution in [0.25, 0.3) is 0 Å². The first-order valence-corrected chi connectivity index (χ1v) is 14.6. The Bertz CT molecular complexity index is 1140. The van der Waals surface area contributed by atoms with Gasteiger partial charge in [0.2, 0.25) is 11.8 Å². The number of nitrogens with one attached hydrogen (secondary N) is 1. The topological polar surface area (TPSA) is 80.3 Å². The molecule has 0 aliphatic carbocycles. The van der Waals surface area contributed by atoms with E-state index >= 15 is 0 Å². The van der Waals surface area contributed by atoms with Crippen molar-refractivity contribution in [2.45, 2.75) is 65.1 Å². The van der Waals surface area contributed by atoms with Crippen LogP contribution in [0.1, 0.15) is 49.8 Å². The van der Waals surface area contributed by atoms with E-state index in [-0.39, 0.29) is 30.9 Å². The molecular weight excluding hydrogens is 530 g/mol. The number of aryl methyl sites for hydroxylation is 2. The molecule has 8 nitrogen and oxygen atoms in total. The summed E-state index contributed by atoms with van der Waals surface area (Å²) in [5.41, 5.74) is 2.28. The van der Waals surface area contributed by atoms with Gasteiger partial charge in [0.05, 0.1) is 19.6 Å². The van der Waals surface area contributed by atoms with Crippen LogP contribution in [0.15, 0.2) is 36.4 Å². The first-order valence-electron chi connectivity index (χ1n) is 14.2. The minimum Gasteiger partial charge on any atom is -0.494 e. The summed E-state index contributed by atoms with van der Waals surface area (Å²) in [7, 11) is 0. The fourth-order valence-electron chi connectivity index (χ4n) is 5.57. The van der Waals surface area contributed by atoms with Gasteiger partial charge >= 0.3 is 0 Å². The van der Waals surface area contributed by atoms with Crippen molar-refractivity contribution in [3.63, 3.8) is 0 Å². The van der Waals surface area contributed by atoms with Crippen LogP contribution < -0.4 is 14.8 Å². The van der Waals surface area contributed by atoms with E-state index in [1.54, 1.807) is 0 Å². The molecule has 1 N–H and O–H groups in total. The second kappa shape index (κ2) is 13.7.